The predicted molar refractivity (Wildman–Crippen MR) is 62.9 cm³/mol. The summed E-state index contributed by atoms with van der Waals surface area (Å²) in [7, 11) is 0. The van der Waals surface area contributed by atoms with Crippen molar-refractivity contribution in [3.63, 3.8) is 0 Å². The minimum atomic E-state index is 0.382. The van der Waals surface area contributed by atoms with Gasteiger partial charge in [-0.15, -0.1) is 10.2 Å². The van der Waals surface area contributed by atoms with Crippen LogP contribution in [-0.4, -0.2) is 15.2 Å². The summed E-state index contributed by atoms with van der Waals surface area (Å²) in [5.74, 6) is 1.16. The van der Waals surface area contributed by atoms with Gasteiger partial charge in [-0.05, 0) is 11.6 Å². The van der Waals surface area contributed by atoms with Crippen molar-refractivity contribution >= 4 is 35.0 Å². The summed E-state index contributed by atoms with van der Waals surface area (Å²) in [6.07, 6.45) is 1.64. The third kappa shape index (κ3) is 2.87. The van der Waals surface area contributed by atoms with Crippen LogP contribution in [0.3, 0.4) is 0 Å². The maximum atomic E-state index is 6.00. The Morgan fingerprint density at radius 1 is 1.38 bits per heavy atom. The molecule has 0 spiro atoms. The van der Waals surface area contributed by atoms with E-state index in [1.165, 1.54) is 11.8 Å². The predicted octanol–water partition coefficient (Wildman–Crippen LogP) is 3.37. The number of aryl methyl sites for hydroxylation is 1. The lowest BCUT2D eigenvalue weighted by atomic mass is 10.3. The van der Waals surface area contributed by atoms with Crippen molar-refractivity contribution in [3.05, 3.63) is 33.9 Å². The Labute approximate surface area is 106 Å². The zero-order valence-electron chi connectivity index (χ0n) is 8.28. The molecule has 2 heterocycles. The van der Waals surface area contributed by atoms with Gasteiger partial charge in [-0.2, -0.15) is 0 Å². The summed E-state index contributed by atoms with van der Waals surface area (Å²) >= 11 is 13.1. The number of nitrogens with zero attached hydrogens (tertiary/aromatic N) is 3. The molecule has 0 amide bonds. The first-order valence-corrected chi connectivity index (χ1v) is 6.12. The Morgan fingerprint density at radius 2 is 2.19 bits per heavy atom. The second kappa shape index (κ2) is 5.03. The van der Waals surface area contributed by atoms with Crippen molar-refractivity contribution in [2.45, 2.75) is 17.9 Å². The molecule has 2 rings (SSSR count). The van der Waals surface area contributed by atoms with E-state index in [1.807, 2.05) is 0 Å². The maximum Gasteiger partial charge on any atom is 0.276 e. The fourth-order valence-electron chi connectivity index (χ4n) is 1.02. The number of rotatable bonds is 3. The number of hydrogen-bond acceptors (Lipinski definition) is 5. The van der Waals surface area contributed by atoms with Crippen LogP contribution in [0.5, 0.6) is 0 Å². The summed E-state index contributed by atoms with van der Waals surface area (Å²) in [6, 6.07) is 1.61. The zero-order chi connectivity index (χ0) is 11.5. The van der Waals surface area contributed by atoms with Gasteiger partial charge in [-0.25, -0.2) is 4.98 Å². The quantitative estimate of drug-likeness (QED) is 0.635. The van der Waals surface area contributed by atoms with E-state index in [0.717, 1.165) is 5.56 Å². The van der Waals surface area contributed by atoms with E-state index in [0.29, 0.717) is 27.0 Å². The first kappa shape index (κ1) is 11.7. The van der Waals surface area contributed by atoms with Crippen molar-refractivity contribution in [2.75, 3.05) is 0 Å². The smallest absolute Gasteiger partial charge is 0.276 e. The number of thioether (sulfide) groups is 1. The molecule has 0 aliphatic carbocycles. The average molecular weight is 276 g/mol. The van der Waals surface area contributed by atoms with Crippen LogP contribution >= 0.6 is 35.0 Å². The number of hydrogen-bond donors (Lipinski definition) is 0. The molecule has 16 heavy (non-hydrogen) atoms. The Bertz CT molecular complexity index is 503. The second-order valence-corrected chi connectivity index (χ2v) is 4.70. The third-order valence-electron chi connectivity index (χ3n) is 1.75. The van der Waals surface area contributed by atoms with Crippen LogP contribution in [0.15, 0.2) is 21.9 Å². The Kier molecular flexibility index (Phi) is 3.68. The molecule has 0 aliphatic rings. The van der Waals surface area contributed by atoms with Crippen molar-refractivity contribution in [3.8, 4) is 0 Å². The summed E-state index contributed by atoms with van der Waals surface area (Å²) in [6.45, 7) is 1.74. The van der Waals surface area contributed by atoms with E-state index in [9.17, 15) is 0 Å². The molecule has 0 fully saturated rings. The lowest BCUT2D eigenvalue weighted by Gasteiger charge is -2.01. The van der Waals surface area contributed by atoms with Gasteiger partial charge in [0, 0.05) is 23.9 Å². The summed E-state index contributed by atoms with van der Waals surface area (Å²) in [5.41, 5.74) is 0.881. The molecule has 0 bridgehead atoms. The van der Waals surface area contributed by atoms with Crippen LogP contribution in [0.4, 0.5) is 0 Å². The van der Waals surface area contributed by atoms with Gasteiger partial charge >= 0.3 is 0 Å². The summed E-state index contributed by atoms with van der Waals surface area (Å²) in [5, 5.41) is 9.08. The van der Waals surface area contributed by atoms with Gasteiger partial charge in [0.15, 0.2) is 0 Å². The lowest BCUT2D eigenvalue weighted by molar-refractivity contribution is 0.429. The van der Waals surface area contributed by atoms with Gasteiger partial charge in [0.2, 0.25) is 5.89 Å². The van der Waals surface area contributed by atoms with Crippen molar-refractivity contribution in [2.24, 2.45) is 0 Å². The standard InChI is InChI=1S/C9H7Cl2N3OS/c1-5-13-14-9(15-5)16-4-6-3-12-8(11)2-7(6)10/h2-3H,4H2,1H3. The van der Waals surface area contributed by atoms with Crippen LogP contribution in [-0.2, 0) is 5.75 Å². The van der Waals surface area contributed by atoms with Gasteiger partial charge in [-0.1, -0.05) is 35.0 Å². The minimum Gasteiger partial charge on any atom is -0.416 e. The first-order valence-electron chi connectivity index (χ1n) is 4.38. The Balaban J connectivity index is 2.04. The second-order valence-electron chi connectivity index (χ2n) is 2.97. The molecule has 0 aliphatic heterocycles. The monoisotopic (exact) mass is 275 g/mol. The van der Waals surface area contributed by atoms with Crippen molar-refractivity contribution in [1.29, 1.82) is 0 Å². The molecule has 0 unspecified atom stereocenters. The molecule has 0 aromatic carbocycles. The first-order chi connectivity index (χ1) is 7.65. The highest BCUT2D eigenvalue weighted by Gasteiger charge is 2.07. The Morgan fingerprint density at radius 3 is 2.81 bits per heavy atom. The molecule has 0 atom stereocenters. The fraction of sp³-hybridized carbons (Fsp3) is 0.222. The minimum absolute atomic E-state index is 0.382. The number of halogens is 2. The highest BCUT2D eigenvalue weighted by Crippen LogP contribution is 2.26. The van der Waals surface area contributed by atoms with Gasteiger partial charge in [-0.3, -0.25) is 0 Å². The number of pyridine rings is 1. The highest BCUT2D eigenvalue weighted by atomic mass is 35.5. The molecule has 2 aromatic rings. The molecule has 7 heteroatoms. The van der Waals surface area contributed by atoms with Gasteiger partial charge < -0.3 is 4.42 Å². The van der Waals surface area contributed by atoms with Gasteiger partial charge in [0.05, 0.1) is 0 Å². The molecule has 84 valence electrons. The van der Waals surface area contributed by atoms with E-state index in [4.69, 9.17) is 27.6 Å². The van der Waals surface area contributed by atoms with Gasteiger partial charge in [0.1, 0.15) is 5.15 Å². The summed E-state index contributed by atoms with van der Waals surface area (Å²) < 4.78 is 5.22. The molecule has 0 saturated carbocycles. The maximum absolute atomic E-state index is 6.00. The van der Waals surface area contributed by atoms with E-state index in [-0.39, 0.29) is 0 Å². The SMILES string of the molecule is Cc1nnc(SCc2cnc(Cl)cc2Cl)o1. The zero-order valence-corrected chi connectivity index (χ0v) is 10.6. The van der Waals surface area contributed by atoms with E-state index in [1.54, 1.807) is 19.2 Å². The third-order valence-corrected chi connectivity index (χ3v) is 3.18. The Hall–Kier alpha value is -0.780. The van der Waals surface area contributed by atoms with Crippen LogP contribution in [0.2, 0.25) is 10.2 Å². The molecular formula is C9H7Cl2N3OS. The van der Waals surface area contributed by atoms with Crippen LogP contribution in [0.1, 0.15) is 11.5 Å². The molecule has 0 radical (unpaired) electrons. The van der Waals surface area contributed by atoms with Crippen molar-refractivity contribution < 1.29 is 4.42 Å². The van der Waals surface area contributed by atoms with Crippen LogP contribution in [0.25, 0.3) is 0 Å². The van der Waals surface area contributed by atoms with Crippen molar-refractivity contribution in [1.82, 2.24) is 15.2 Å². The number of aromatic nitrogens is 3. The van der Waals surface area contributed by atoms with E-state index < -0.39 is 0 Å². The van der Waals surface area contributed by atoms with E-state index >= 15 is 0 Å². The average Bonchev–Trinajstić information content (AvgIpc) is 2.63. The lowest BCUT2D eigenvalue weighted by Crippen LogP contribution is -1.86. The molecule has 2 aromatic heterocycles. The molecular weight excluding hydrogens is 269 g/mol. The fourth-order valence-corrected chi connectivity index (χ4v) is 2.32. The topological polar surface area (TPSA) is 51.8 Å². The summed E-state index contributed by atoms with van der Waals surface area (Å²) in [4.78, 5) is 3.96. The van der Waals surface area contributed by atoms with Crippen LogP contribution in [0, 0.1) is 6.92 Å². The van der Waals surface area contributed by atoms with Crippen LogP contribution < -0.4 is 0 Å². The normalized spacial score (nSPS) is 10.7. The van der Waals surface area contributed by atoms with E-state index in [2.05, 4.69) is 15.2 Å². The molecule has 0 N–H and O–H groups in total. The molecule has 0 saturated heterocycles. The largest absolute Gasteiger partial charge is 0.416 e. The highest BCUT2D eigenvalue weighted by molar-refractivity contribution is 7.98. The van der Waals surface area contributed by atoms with Gasteiger partial charge in [0.25, 0.3) is 5.22 Å². The molecule has 4 nitrogen and oxygen atoms in total.